The Morgan fingerprint density at radius 2 is 2.27 bits per heavy atom. The summed E-state index contributed by atoms with van der Waals surface area (Å²) in [5.41, 5.74) is 2.35. The van der Waals surface area contributed by atoms with Gasteiger partial charge in [-0.3, -0.25) is 0 Å². The first kappa shape index (κ1) is 14.8. The predicted molar refractivity (Wildman–Crippen MR) is 83.8 cm³/mol. The van der Waals surface area contributed by atoms with E-state index in [0.717, 1.165) is 36.2 Å². The molecule has 22 heavy (non-hydrogen) atoms. The minimum atomic E-state index is -0.684. The zero-order valence-electron chi connectivity index (χ0n) is 12.8. The Balaban J connectivity index is 1.45. The molecule has 0 saturated heterocycles. The minimum absolute atomic E-state index is 0.236. The molecular formula is C16H22N4O2. The maximum absolute atomic E-state index is 11.7. The van der Waals surface area contributed by atoms with Crippen molar-refractivity contribution in [2.45, 2.75) is 38.2 Å². The second-order valence-electron chi connectivity index (χ2n) is 6.09. The molecule has 2 aromatic rings. The second-order valence-corrected chi connectivity index (χ2v) is 6.09. The Morgan fingerprint density at radius 1 is 1.45 bits per heavy atom. The monoisotopic (exact) mass is 302 g/mol. The Kier molecular flexibility index (Phi) is 4.02. The normalized spacial score (nSPS) is 16.3. The molecule has 1 saturated carbocycles. The number of nitrogens with zero attached hydrogens (tertiary/aromatic N) is 2. The number of urea groups is 1. The molecule has 0 aromatic carbocycles. The molecular weight excluding hydrogens is 280 g/mol. The zero-order valence-corrected chi connectivity index (χ0v) is 12.8. The fourth-order valence-electron chi connectivity index (χ4n) is 2.70. The van der Waals surface area contributed by atoms with Gasteiger partial charge in [0.1, 0.15) is 5.65 Å². The number of amides is 2. The first-order chi connectivity index (χ1) is 10.6. The molecule has 0 spiro atoms. The Bertz CT molecular complexity index is 676. The largest absolute Gasteiger partial charge is 0.388 e. The first-order valence-corrected chi connectivity index (χ1v) is 7.73. The Hall–Kier alpha value is -2.08. The summed E-state index contributed by atoms with van der Waals surface area (Å²) in [4.78, 5) is 16.3. The van der Waals surface area contributed by atoms with Crippen LogP contribution in [-0.4, -0.2) is 39.2 Å². The Morgan fingerprint density at radius 3 is 2.95 bits per heavy atom. The SMILES string of the molecule is Cc1cccn2cc(CCNC(=O)NCC3(O)CCC3)nc12. The highest BCUT2D eigenvalue weighted by molar-refractivity contribution is 5.73. The van der Waals surface area contributed by atoms with Gasteiger partial charge >= 0.3 is 6.03 Å². The number of carbonyl (C=O) groups is 1. The summed E-state index contributed by atoms with van der Waals surface area (Å²) in [6.07, 6.45) is 7.21. The molecule has 3 rings (SSSR count). The van der Waals surface area contributed by atoms with Crippen LogP contribution in [0, 0.1) is 6.92 Å². The number of hydrogen-bond acceptors (Lipinski definition) is 3. The molecule has 2 aromatic heterocycles. The van der Waals surface area contributed by atoms with E-state index in [1.807, 2.05) is 35.9 Å². The van der Waals surface area contributed by atoms with Crippen LogP contribution >= 0.6 is 0 Å². The van der Waals surface area contributed by atoms with E-state index >= 15 is 0 Å². The lowest BCUT2D eigenvalue weighted by Crippen LogP contribution is -2.50. The fraction of sp³-hybridized carbons (Fsp3) is 0.500. The molecule has 1 aliphatic rings. The van der Waals surface area contributed by atoms with Crippen molar-refractivity contribution in [2.75, 3.05) is 13.1 Å². The van der Waals surface area contributed by atoms with Gasteiger partial charge in [-0.05, 0) is 37.8 Å². The van der Waals surface area contributed by atoms with E-state index in [9.17, 15) is 9.90 Å². The van der Waals surface area contributed by atoms with Gasteiger partial charge in [0.15, 0.2) is 0 Å². The zero-order chi connectivity index (χ0) is 15.6. The molecule has 0 atom stereocenters. The number of aryl methyl sites for hydroxylation is 1. The quantitative estimate of drug-likeness (QED) is 0.781. The fourth-order valence-corrected chi connectivity index (χ4v) is 2.70. The molecule has 6 heteroatoms. The van der Waals surface area contributed by atoms with Gasteiger partial charge in [0, 0.05) is 31.9 Å². The van der Waals surface area contributed by atoms with Crippen LogP contribution in [0.4, 0.5) is 4.79 Å². The lowest BCUT2D eigenvalue weighted by atomic mass is 9.80. The van der Waals surface area contributed by atoms with E-state index in [0.29, 0.717) is 19.5 Å². The van der Waals surface area contributed by atoms with E-state index < -0.39 is 5.60 Å². The van der Waals surface area contributed by atoms with Gasteiger partial charge in [0.25, 0.3) is 0 Å². The van der Waals surface area contributed by atoms with Crippen LogP contribution in [-0.2, 0) is 6.42 Å². The van der Waals surface area contributed by atoms with Crippen molar-refractivity contribution in [3.8, 4) is 0 Å². The average molecular weight is 302 g/mol. The van der Waals surface area contributed by atoms with Crippen LogP contribution in [0.25, 0.3) is 5.65 Å². The van der Waals surface area contributed by atoms with Gasteiger partial charge in [-0.2, -0.15) is 0 Å². The molecule has 2 heterocycles. The number of nitrogens with one attached hydrogen (secondary N) is 2. The summed E-state index contributed by atoms with van der Waals surface area (Å²) in [5.74, 6) is 0. The summed E-state index contributed by atoms with van der Waals surface area (Å²) in [6, 6.07) is 3.79. The molecule has 0 bridgehead atoms. The maximum atomic E-state index is 11.7. The standard InChI is InChI=1S/C16H22N4O2/c1-12-4-2-9-20-10-13(19-14(12)20)5-8-17-15(21)18-11-16(22)6-3-7-16/h2,4,9-10,22H,3,5-8,11H2,1H3,(H2,17,18,21). The Labute approximate surface area is 129 Å². The summed E-state index contributed by atoms with van der Waals surface area (Å²) < 4.78 is 2.00. The molecule has 1 fully saturated rings. The van der Waals surface area contributed by atoms with Gasteiger partial charge in [0.2, 0.25) is 0 Å². The van der Waals surface area contributed by atoms with E-state index in [1.165, 1.54) is 0 Å². The van der Waals surface area contributed by atoms with Gasteiger partial charge in [-0.25, -0.2) is 9.78 Å². The van der Waals surface area contributed by atoms with Crippen LogP contribution in [0.2, 0.25) is 0 Å². The molecule has 0 radical (unpaired) electrons. The summed E-state index contributed by atoms with van der Waals surface area (Å²) >= 11 is 0. The molecule has 1 aliphatic carbocycles. The van der Waals surface area contributed by atoms with Crippen molar-refractivity contribution in [3.63, 3.8) is 0 Å². The smallest absolute Gasteiger partial charge is 0.314 e. The average Bonchev–Trinajstić information content (AvgIpc) is 2.87. The number of hydrogen-bond donors (Lipinski definition) is 3. The van der Waals surface area contributed by atoms with Crippen molar-refractivity contribution >= 4 is 11.7 Å². The number of imidazole rings is 1. The summed E-state index contributed by atoms with van der Waals surface area (Å²) in [7, 11) is 0. The molecule has 2 amide bonds. The van der Waals surface area contributed by atoms with Crippen LogP contribution in [0.15, 0.2) is 24.5 Å². The third-order valence-corrected chi connectivity index (χ3v) is 4.26. The highest BCUT2D eigenvalue weighted by Crippen LogP contribution is 2.30. The topological polar surface area (TPSA) is 78.7 Å². The first-order valence-electron chi connectivity index (χ1n) is 7.73. The van der Waals surface area contributed by atoms with Gasteiger partial charge in [-0.1, -0.05) is 6.07 Å². The van der Waals surface area contributed by atoms with Crippen molar-refractivity contribution < 1.29 is 9.90 Å². The third kappa shape index (κ3) is 3.22. The molecule has 118 valence electrons. The number of aliphatic hydroxyl groups is 1. The molecule has 6 nitrogen and oxygen atoms in total. The number of fused-ring (bicyclic) bond motifs is 1. The predicted octanol–water partition coefficient (Wildman–Crippen LogP) is 1.40. The highest BCUT2D eigenvalue weighted by atomic mass is 16.3. The number of aromatic nitrogens is 2. The van der Waals surface area contributed by atoms with Crippen molar-refractivity contribution in [1.29, 1.82) is 0 Å². The molecule has 3 N–H and O–H groups in total. The molecule has 0 unspecified atom stereocenters. The van der Waals surface area contributed by atoms with Crippen molar-refractivity contribution in [3.05, 3.63) is 35.8 Å². The van der Waals surface area contributed by atoms with E-state index in [-0.39, 0.29) is 6.03 Å². The van der Waals surface area contributed by atoms with Crippen LogP contribution < -0.4 is 10.6 Å². The second kappa shape index (κ2) is 5.96. The van der Waals surface area contributed by atoms with Crippen LogP contribution in [0.5, 0.6) is 0 Å². The maximum Gasteiger partial charge on any atom is 0.314 e. The number of pyridine rings is 1. The summed E-state index contributed by atoms with van der Waals surface area (Å²) in [5, 5.41) is 15.4. The lowest BCUT2D eigenvalue weighted by molar-refractivity contribution is -0.0290. The van der Waals surface area contributed by atoms with E-state index in [1.54, 1.807) is 0 Å². The van der Waals surface area contributed by atoms with Crippen LogP contribution in [0.1, 0.15) is 30.5 Å². The van der Waals surface area contributed by atoms with E-state index in [2.05, 4.69) is 15.6 Å². The van der Waals surface area contributed by atoms with E-state index in [4.69, 9.17) is 0 Å². The van der Waals surface area contributed by atoms with Crippen LogP contribution in [0.3, 0.4) is 0 Å². The number of rotatable bonds is 5. The van der Waals surface area contributed by atoms with Crippen molar-refractivity contribution in [2.24, 2.45) is 0 Å². The number of carbonyl (C=O) groups excluding carboxylic acids is 1. The van der Waals surface area contributed by atoms with Gasteiger partial charge in [-0.15, -0.1) is 0 Å². The van der Waals surface area contributed by atoms with Gasteiger partial charge in [0.05, 0.1) is 11.3 Å². The lowest BCUT2D eigenvalue weighted by Gasteiger charge is -2.36. The minimum Gasteiger partial charge on any atom is -0.388 e. The highest BCUT2D eigenvalue weighted by Gasteiger charge is 2.34. The van der Waals surface area contributed by atoms with Crippen molar-refractivity contribution in [1.82, 2.24) is 20.0 Å². The third-order valence-electron chi connectivity index (χ3n) is 4.26. The summed E-state index contributed by atoms with van der Waals surface area (Å²) in [6.45, 7) is 2.88. The van der Waals surface area contributed by atoms with Gasteiger partial charge < -0.3 is 20.1 Å². The molecule has 0 aliphatic heterocycles.